The van der Waals surface area contributed by atoms with Gasteiger partial charge in [0.15, 0.2) is 0 Å². The topological polar surface area (TPSA) is 183 Å². The molecule has 1 aliphatic carbocycles. The van der Waals surface area contributed by atoms with Crippen molar-refractivity contribution in [3.63, 3.8) is 0 Å². The molecule has 0 radical (unpaired) electrons. The van der Waals surface area contributed by atoms with Gasteiger partial charge in [0.05, 0.1) is 12.6 Å². The number of hydrogen-bond donors (Lipinski definition) is 4. The van der Waals surface area contributed by atoms with Crippen LogP contribution in [0.25, 0.3) is 0 Å². The molecule has 6 amide bonds. The summed E-state index contributed by atoms with van der Waals surface area (Å²) in [7, 11) is 4.75. The van der Waals surface area contributed by atoms with Crippen molar-refractivity contribution in [1.29, 1.82) is 0 Å². The number of carbonyl (C=O) groups excluding carboxylic acids is 7. The lowest BCUT2D eigenvalue weighted by molar-refractivity contribution is -0.141. The summed E-state index contributed by atoms with van der Waals surface area (Å²) in [6.45, 7) is 28.8. The highest BCUT2D eigenvalue weighted by molar-refractivity contribution is 6.38. The van der Waals surface area contributed by atoms with Crippen molar-refractivity contribution in [3.05, 3.63) is 24.3 Å². The second kappa shape index (κ2) is 36.9. The van der Waals surface area contributed by atoms with E-state index in [1.165, 1.54) is 48.3 Å². The van der Waals surface area contributed by atoms with Gasteiger partial charge < -0.3 is 35.8 Å². The number of carbonyl (C=O) groups is 7. The predicted molar refractivity (Wildman–Crippen MR) is 266 cm³/mol. The van der Waals surface area contributed by atoms with Gasteiger partial charge in [-0.25, -0.2) is 4.79 Å². The van der Waals surface area contributed by atoms with Gasteiger partial charge in [0.2, 0.25) is 29.4 Å². The molecule has 14 nitrogen and oxygen atoms in total. The Labute approximate surface area is 396 Å². The van der Waals surface area contributed by atoms with Gasteiger partial charge in [0.25, 0.3) is 5.91 Å². The Morgan fingerprint density at radius 1 is 0.738 bits per heavy atom. The van der Waals surface area contributed by atoms with E-state index in [0.29, 0.717) is 31.2 Å². The van der Waals surface area contributed by atoms with E-state index in [9.17, 15) is 33.6 Å². The standard InChI is InChI=1S/C34H56N6O8.C9H20.C5H12.C3H8/c1-9-10-11-12-15-23(2)29(32(46)39(6)7)38-27(42)21-35-31(45)30(44)25(20-24-17-18-24)37-26(41)16-13-14-19-40(8)28(43)22-36-33(47)48-34(3,4)5;1-6-7-8(2)9(3,4)5;1-3-5-4-2;1-3-2/h10-12,15,23-25,29H,9,13-14,16-22H2,1-8H3,(H,35,45)(H,36,47)(H,37,41)(H,38,42);8H,6-7H2,1-5H3;3-5H2,1-2H3;3H2,1-2H3/b11-10-,15-12-;;;. The lowest BCUT2D eigenvalue weighted by Crippen LogP contribution is -2.53. The molecule has 65 heavy (non-hydrogen) atoms. The molecule has 0 aromatic carbocycles. The minimum absolute atomic E-state index is 0.0822. The first-order chi connectivity index (χ1) is 30.3. The summed E-state index contributed by atoms with van der Waals surface area (Å²) in [6.07, 6.45) is 18.7. The number of nitrogens with zero attached hydrogens (tertiary/aromatic N) is 2. The molecule has 14 heteroatoms. The van der Waals surface area contributed by atoms with Crippen LogP contribution in [0, 0.1) is 23.2 Å². The molecule has 1 rings (SSSR count). The van der Waals surface area contributed by atoms with Crippen molar-refractivity contribution in [2.24, 2.45) is 23.2 Å². The smallest absolute Gasteiger partial charge is 0.408 e. The number of ether oxygens (including phenoxy) is 1. The minimum Gasteiger partial charge on any atom is -0.444 e. The summed E-state index contributed by atoms with van der Waals surface area (Å²) < 4.78 is 5.11. The molecule has 4 atom stereocenters. The minimum atomic E-state index is -1.03. The molecule has 0 aromatic heterocycles. The zero-order chi connectivity index (χ0) is 50.8. The van der Waals surface area contributed by atoms with E-state index in [1.807, 2.05) is 19.1 Å². The van der Waals surface area contributed by atoms with Gasteiger partial charge in [0, 0.05) is 40.0 Å². The SMILES string of the molecule is CC/C=C\C=C/C(C)C(NC(=O)CNC(=O)C(=O)C(CC1CC1)NC(=O)CCCCN(C)C(=O)CNC(=O)OC(C)(C)C)C(=O)N(C)C.CCC.CCCC(C)C(C)(C)C.CCCCC. The number of likely N-dealkylation sites (N-methyl/N-ethyl adjacent to an activating group) is 2. The molecular weight excluding hydrogens is 825 g/mol. The van der Waals surface area contributed by atoms with E-state index in [0.717, 1.165) is 25.2 Å². The number of ketones is 1. The Hall–Kier alpha value is -4.23. The third kappa shape index (κ3) is 36.7. The fraction of sp³-hybridized carbons (Fsp3) is 0.784. The first-order valence-corrected chi connectivity index (χ1v) is 24.4. The molecule has 0 saturated heterocycles. The summed E-state index contributed by atoms with van der Waals surface area (Å²) in [4.78, 5) is 90.7. The third-order valence-electron chi connectivity index (χ3n) is 10.3. The molecule has 0 bridgehead atoms. The number of Topliss-reactive ketones (excluding diaryl/α,β-unsaturated/α-hetero) is 1. The van der Waals surface area contributed by atoms with Gasteiger partial charge in [-0.3, -0.25) is 28.8 Å². The Morgan fingerprint density at radius 3 is 1.77 bits per heavy atom. The van der Waals surface area contributed by atoms with Crippen LogP contribution in [0.5, 0.6) is 0 Å². The van der Waals surface area contributed by atoms with Crippen LogP contribution in [0.15, 0.2) is 24.3 Å². The average molecular weight is 921 g/mol. The molecule has 4 N–H and O–H groups in total. The number of rotatable bonds is 24. The number of alkyl carbamates (subject to hydrolysis) is 1. The van der Waals surface area contributed by atoms with Gasteiger partial charge in [-0.05, 0) is 63.7 Å². The second-order valence-corrected chi connectivity index (χ2v) is 19.4. The number of nitrogens with one attached hydrogen (secondary N) is 4. The van der Waals surface area contributed by atoms with E-state index in [4.69, 9.17) is 4.74 Å². The Balaban J connectivity index is -0.00000190. The van der Waals surface area contributed by atoms with E-state index >= 15 is 0 Å². The number of unbranched alkanes of at least 4 members (excludes halogenated alkanes) is 3. The number of amides is 6. The maximum absolute atomic E-state index is 13.0. The van der Waals surface area contributed by atoms with Crippen molar-refractivity contribution in [1.82, 2.24) is 31.1 Å². The van der Waals surface area contributed by atoms with E-state index in [-0.39, 0.29) is 36.6 Å². The second-order valence-electron chi connectivity index (χ2n) is 19.4. The lowest BCUT2D eigenvalue weighted by atomic mass is 9.80. The first-order valence-electron chi connectivity index (χ1n) is 24.4. The predicted octanol–water partition coefficient (Wildman–Crippen LogP) is 8.92. The largest absolute Gasteiger partial charge is 0.444 e. The van der Waals surface area contributed by atoms with Crippen LogP contribution in [0.1, 0.15) is 180 Å². The van der Waals surface area contributed by atoms with Crippen LogP contribution in [-0.2, 0) is 33.5 Å². The molecule has 0 spiro atoms. The Kier molecular flexibility index (Phi) is 37.0. The fourth-order valence-corrected chi connectivity index (χ4v) is 5.65. The quantitative estimate of drug-likeness (QED) is 0.0420. The molecule has 0 aromatic rings. The van der Waals surface area contributed by atoms with Crippen LogP contribution in [0.2, 0.25) is 0 Å². The average Bonchev–Trinajstić information content (AvgIpc) is 4.04. The van der Waals surface area contributed by atoms with Crippen molar-refractivity contribution < 1.29 is 38.3 Å². The summed E-state index contributed by atoms with van der Waals surface area (Å²) in [6, 6.07) is -1.90. The van der Waals surface area contributed by atoms with Crippen molar-refractivity contribution >= 4 is 41.4 Å². The van der Waals surface area contributed by atoms with Crippen LogP contribution in [0.3, 0.4) is 0 Å². The highest BCUT2D eigenvalue weighted by Crippen LogP contribution is 2.33. The maximum atomic E-state index is 13.0. The van der Waals surface area contributed by atoms with Gasteiger partial charge in [0.1, 0.15) is 18.2 Å². The van der Waals surface area contributed by atoms with Gasteiger partial charge in [-0.2, -0.15) is 0 Å². The molecule has 1 aliphatic rings. The van der Waals surface area contributed by atoms with Crippen LogP contribution in [0.4, 0.5) is 4.79 Å². The third-order valence-corrected chi connectivity index (χ3v) is 10.3. The molecule has 378 valence electrons. The Bertz CT molecular complexity index is 1430. The molecule has 0 aliphatic heterocycles. The summed E-state index contributed by atoms with van der Waals surface area (Å²) in [5.41, 5.74) is -0.168. The molecule has 0 heterocycles. The number of hydrogen-bond acceptors (Lipinski definition) is 8. The molecule has 4 unspecified atom stereocenters. The van der Waals surface area contributed by atoms with E-state index < -0.39 is 53.8 Å². The molecule has 1 saturated carbocycles. The van der Waals surface area contributed by atoms with Gasteiger partial charge in [-0.15, -0.1) is 0 Å². The maximum Gasteiger partial charge on any atom is 0.408 e. The monoisotopic (exact) mass is 921 g/mol. The number of allylic oxidation sites excluding steroid dienone is 3. The summed E-state index contributed by atoms with van der Waals surface area (Å²) in [5.74, 6) is -2.76. The van der Waals surface area contributed by atoms with E-state index in [1.54, 1.807) is 61.0 Å². The Morgan fingerprint density at radius 2 is 1.32 bits per heavy atom. The summed E-state index contributed by atoms with van der Waals surface area (Å²) >= 11 is 0. The van der Waals surface area contributed by atoms with Crippen LogP contribution >= 0.6 is 0 Å². The summed E-state index contributed by atoms with van der Waals surface area (Å²) in [5, 5.41) is 10.1. The van der Waals surface area contributed by atoms with Gasteiger partial charge in [-0.1, -0.05) is 152 Å². The lowest BCUT2D eigenvalue weighted by Gasteiger charge is -2.26. The van der Waals surface area contributed by atoms with Crippen molar-refractivity contribution in [3.8, 4) is 0 Å². The normalized spacial score (nSPS) is 14.0. The molecular formula is C51H96N6O8. The zero-order valence-corrected chi connectivity index (χ0v) is 44.2. The van der Waals surface area contributed by atoms with Crippen molar-refractivity contribution in [2.45, 2.75) is 198 Å². The highest BCUT2D eigenvalue weighted by atomic mass is 16.6. The van der Waals surface area contributed by atoms with Gasteiger partial charge >= 0.3 is 6.09 Å². The van der Waals surface area contributed by atoms with E-state index in [2.05, 4.69) is 83.6 Å². The van der Waals surface area contributed by atoms with Crippen LogP contribution < -0.4 is 21.3 Å². The highest BCUT2D eigenvalue weighted by Gasteiger charge is 2.34. The fourth-order valence-electron chi connectivity index (χ4n) is 5.65. The molecule has 1 fully saturated rings. The van der Waals surface area contributed by atoms with Crippen molar-refractivity contribution in [2.75, 3.05) is 40.8 Å². The van der Waals surface area contributed by atoms with Crippen LogP contribution in [-0.4, -0.2) is 110 Å². The zero-order valence-electron chi connectivity index (χ0n) is 44.2. The first kappa shape index (κ1) is 65.1.